The molecule has 1 N–H and O–H groups in total. The number of ether oxygens (including phenoxy) is 4. The van der Waals surface area contributed by atoms with Crippen molar-refractivity contribution in [3.05, 3.63) is 10.4 Å². The van der Waals surface area contributed by atoms with Crippen molar-refractivity contribution in [2.75, 3.05) is 6.54 Å². The molecule has 1 amide bonds. The molecule has 1 fully saturated rings. The van der Waals surface area contributed by atoms with Gasteiger partial charge >= 0.3 is 30.0 Å². The summed E-state index contributed by atoms with van der Waals surface area (Å²) in [6.07, 6.45) is -11.9. The van der Waals surface area contributed by atoms with Crippen LogP contribution in [0.25, 0.3) is 10.4 Å². The SMILES string of the molecule is CC(=O)OC1C(NC(=O)C(F)(F)F)[C@H](OC(C)=O)OC(CN=[N+]=[N-])[C@H]1OC(C)=O. The van der Waals surface area contributed by atoms with Crippen LogP contribution in [-0.4, -0.2) is 67.2 Å². The van der Waals surface area contributed by atoms with E-state index in [1.807, 2.05) is 0 Å². The molecule has 0 aromatic carbocycles. The smallest absolute Gasteiger partial charge is 0.456 e. The molecule has 29 heavy (non-hydrogen) atoms. The molecule has 15 heteroatoms. The van der Waals surface area contributed by atoms with Gasteiger partial charge in [0.25, 0.3) is 0 Å². The quantitative estimate of drug-likeness (QED) is 0.211. The second kappa shape index (κ2) is 9.93. The average Bonchev–Trinajstić information content (AvgIpc) is 2.56. The van der Waals surface area contributed by atoms with E-state index >= 15 is 0 Å². The van der Waals surface area contributed by atoms with Crippen molar-refractivity contribution < 1.29 is 51.3 Å². The third-order valence-electron chi connectivity index (χ3n) is 3.41. The van der Waals surface area contributed by atoms with Crippen molar-refractivity contribution in [3.8, 4) is 0 Å². The number of carbonyl (C=O) groups is 4. The zero-order chi connectivity index (χ0) is 22.4. The molecule has 162 valence electrons. The Morgan fingerprint density at radius 1 is 1.03 bits per heavy atom. The predicted molar refractivity (Wildman–Crippen MR) is 83.5 cm³/mol. The maximum absolute atomic E-state index is 12.7. The summed E-state index contributed by atoms with van der Waals surface area (Å²) < 4.78 is 58.2. The standard InChI is InChI=1S/C14H17F3N4O8/c1-5(22)26-10-8(4-19-21-18)29-12(28-7(3)24)9(11(10)27-6(2)23)20-13(25)14(15,16)17/h8-12H,4H2,1-3H3,(H,20,25)/t8?,9?,10-,11?,12-/m1/s1. The van der Waals surface area contributed by atoms with Gasteiger partial charge in [-0.3, -0.25) is 19.2 Å². The van der Waals surface area contributed by atoms with E-state index in [2.05, 4.69) is 10.0 Å². The molecular formula is C14H17F3N4O8. The minimum Gasteiger partial charge on any atom is -0.456 e. The highest BCUT2D eigenvalue weighted by atomic mass is 19.4. The lowest BCUT2D eigenvalue weighted by Gasteiger charge is -2.44. The zero-order valence-electron chi connectivity index (χ0n) is 15.3. The van der Waals surface area contributed by atoms with Gasteiger partial charge in [0.15, 0.2) is 12.2 Å². The van der Waals surface area contributed by atoms with Gasteiger partial charge in [-0.1, -0.05) is 5.11 Å². The lowest BCUT2D eigenvalue weighted by atomic mass is 9.95. The third-order valence-corrected chi connectivity index (χ3v) is 3.41. The van der Waals surface area contributed by atoms with E-state index in [0.717, 1.165) is 20.8 Å². The number of halogens is 3. The maximum Gasteiger partial charge on any atom is 0.471 e. The maximum atomic E-state index is 12.7. The molecular weight excluding hydrogens is 409 g/mol. The van der Waals surface area contributed by atoms with Crippen LogP contribution in [0.5, 0.6) is 0 Å². The highest BCUT2D eigenvalue weighted by molar-refractivity contribution is 5.82. The normalized spacial score (nSPS) is 26.5. The fourth-order valence-electron chi connectivity index (χ4n) is 2.48. The Morgan fingerprint density at radius 2 is 1.55 bits per heavy atom. The van der Waals surface area contributed by atoms with E-state index in [0.29, 0.717) is 0 Å². The second-order valence-electron chi connectivity index (χ2n) is 5.71. The van der Waals surface area contributed by atoms with Crippen molar-refractivity contribution >= 4 is 23.8 Å². The fraction of sp³-hybridized carbons (Fsp3) is 0.714. The summed E-state index contributed by atoms with van der Waals surface area (Å²) in [5, 5.41) is 4.73. The van der Waals surface area contributed by atoms with Gasteiger partial charge in [0.05, 0.1) is 6.54 Å². The van der Waals surface area contributed by atoms with E-state index < -0.39 is 67.2 Å². The number of nitrogens with one attached hydrogen (secondary N) is 1. The molecule has 0 aliphatic carbocycles. The summed E-state index contributed by atoms with van der Waals surface area (Å²) in [4.78, 5) is 48.2. The minimum absolute atomic E-state index is 0.524. The van der Waals surface area contributed by atoms with E-state index in [4.69, 9.17) is 24.5 Å². The van der Waals surface area contributed by atoms with Crippen LogP contribution in [0.3, 0.4) is 0 Å². The number of esters is 3. The zero-order valence-corrected chi connectivity index (χ0v) is 15.3. The minimum atomic E-state index is -5.33. The van der Waals surface area contributed by atoms with Gasteiger partial charge < -0.3 is 24.3 Å². The number of alkyl halides is 3. The van der Waals surface area contributed by atoms with Gasteiger partial charge in [-0.15, -0.1) is 0 Å². The van der Waals surface area contributed by atoms with Crippen LogP contribution in [0.4, 0.5) is 13.2 Å². The van der Waals surface area contributed by atoms with Crippen LogP contribution in [-0.2, 0) is 38.1 Å². The summed E-state index contributed by atoms with van der Waals surface area (Å²) in [6, 6.07) is -1.90. The summed E-state index contributed by atoms with van der Waals surface area (Å²) in [6.45, 7) is 2.25. The van der Waals surface area contributed by atoms with Gasteiger partial charge in [-0.05, 0) is 5.53 Å². The van der Waals surface area contributed by atoms with E-state index in [1.54, 1.807) is 0 Å². The van der Waals surface area contributed by atoms with Gasteiger partial charge in [0.1, 0.15) is 12.1 Å². The number of hydrogen-bond acceptors (Lipinski definition) is 9. The molecule has 1 aliphatic rings. The lowest BCUT2D eigenvalue weighted by molar-refractivity contribution is -0.264. The number of nitrogens with zero attached hydrogens (tertiary/aromatic N) is 3. The molecule has 0 bridgehead atoms. The number of rotatable bonds is 6. The molecule has 0 radical (unpaired) electrons. The van der Waals surface area contributed by atoms with Crippen molar-refractivity contribution in [2.24, 2.45) is 5.11 Å². The Bertz CT molecular complexity index is 709. The van der Waals surface area contributed by atoms with Crippen LogP contribution >= 0.6 is 0 Å². The first-order valence-electron chi connectivity index (χ1n) is 7.92. The molecule has 5 atom stereocenters. The summed E-state index contributed by atoms with van der Waals surface area (Å²) >= 11 is 0. The summed E-state index contributed by atoms with van der Waals surface area (Å²) in [5.74, 6) is -5.40. The molecule has 0 spiro atoms. The average molecular weight is 426 g/mol. The Balaban J connectivity index is 3.41. The monoisotopic (exact) mass is 426 g/mol. The number of amides is 1. The number of hydrogen-bond donors (Lipinski definition) is 1. The molecule has 3 unspecified atom stereocenters. The van der Waals surface area contributed by atoms with Gasteiger partial charge in [0.2, 0.25) is 6.29 Å². The number of azide groups is 1. The molecule has 12 nitrogen and oxygen atoms in total. The molecule has 1 aliphatic heterocycles. The van der Waals surface area contributed by atoms with E-state index in [-0.39, 0.29) is 0 Å². The molecule has 0 saturated carbocycles. The Kier molecular flexibility index (Phi) is 8.21. The highest BCUT2D eigenvalue weighted by Gasteiger charge is 2.53. The van der Waals surface area contributed by atoms with Crippen LogP contribution in [0, 0.1) is 0 Å². The van der Waals surface area contributed by atoms with Gasteiger partial charge in [0, 0.05) is 25.7 Å². The first-order chi connectivity index (χ1) is 13.4. The topological polar surface area (TPSA) is 166 Å². The predicted octanol–water partition coefficient (Wildman–Crippen LogP) is 0.495. The van der Waals surface area contributed by atoms with Crippen molar-refractivity contribution in [1.82, 2.24) is 5.32 Å². The first kappa shape index (κ1) is 24.0. The van der Waals surface area contributed by atoms with Crippen molar-refractivity contribution in [2.45, 2.75) is 57.6 Å². The van der Waals surface area contributed by atoms with E-state index in [9.17, 15) is 32.3 Å². The Labute approximate surface area is 161 Å². The van der Waals surface area contributed by atoms with Gasteiger partial charge in [-0.2, -0.15) is 13.2 Å². The third kappa shape index (κ3) is 7.12. The summed E-state index contributed by atoms with van der Waals surface area (Å²) in [7, 11) is 0. The molecule has 1 saturated heterocycles. The molecule has 1 rings (SSSR count). The van der Waals surface area contributed by atoms with Crippen LogP contribution in [0.2, 0.25) is 0 Å². The van der Waals surface area contributed by atoms with Crippen molar-refractivity contribution in [3.63, 3.8) is 0 Å². The van der Waals surface area contributed by atoms with Crippen LogP contribution in [0.1, 0.15) is 20.8 Å². The molecule has 0 aromatic heterocycles. The summed E-state index contributed by atoms with van der Waals surface area (Å²) in [5.41, 5.74) is 8.49. The largest absolute Gasteiger partial charge is 0.471 e. The molecule has 0 aromatic rings. The number of carbonyl (C=O) groups excluding carboxylic acids is 4. The Morgan fingerprint density at radius 3 is 2.00 bits per heavy atom. The lowest BCUT2D eigenvalue weighted by Crippen LogP contribution is -2.67. The Hall–Kier alpha value is -3.06. The molecule has 1 heterocycles. The van der Waals surface area contributed by atoms with E-state index in [1.165, 1.54) is 5.32 Å². The van der Waals surface area contributed by atoms with Crippen molar-refractivity contribution in [1.29, 1.82) is 0 Å². The van der Waals surface area contributed by atoms with Crippen LogP contribution < -0.4 is 5.32 Å². The second-order valence-corrected chi connectivity index (χ2v) is 5.71. The fourth-order valence-corrected chi connectivity index (χ4v) is 2.48. The van der Waals surface area contributed by atoms with Gasteiger partial charge in [-0.25, -0.2) is 0 Å². The highest BCUT2D eigenvalue weighted by Crippen LogP contribution is 2.29. The van der Waals surface area contributed by atoms with Crippen LogP contribution in [0.15, 0.2) is 5.11 Å². The first-order valence-corrected chi connectivity index (χ1v) is 7.92.